The SMILES string of the molecule is CCCCC1(C)CSc2cc(OCCC(=O)O)c(N(C)C)cc2N(c2ccccc2)C1. The van der Waals surface area contributed by atoms with Crippen molar-refractivity contribution in [3.8, 4) is 5.75 Å². The van der Waals surface area contributed by atoms with Gasteiger partial charge in [0.15, 0.2) is 0 Å². The Morgan fingerprint density at radius 1 is 1.26 bits per heavy atom. The molecule has 5 nitrogen and oxygen atoms in total. The first kappa shape index (κ1) is 23.3. The number of para-hydroxylation sites is 1. The number of carbonyl (C=O) groups is 1. The van der Waals surface area contributed by atoms with Gasteiger partial charge in [0.2, 0.25) is 0 Å². The zero-order chi connectivity index (χ0) is 22.4. The van der Waals surface area contributed by atoms with Crippen molar-refractivity contribution >= 4 is 34.8 Å². The number of unbranched alkanes of at least 4 members (excludes halogenated alkanes) is 1. The summed E-state index contributed by atoms with van der Waals surface area (Å²) in [7, 11) is 3.99. The lowest BCUT2D eigenvalue weighted by Crippen LogP contribution is -2.33. The number of nitrogens with zero attached hydrogens (tertiary/aromatic N) is 2. The first-order valence-electron chi connectivity index (χ1n) is 11.0. The van der Waals surface area contributed by atoms with Crippen molar-refractivity contribution in [2.75, 3.05) is 42.8 Å². The molecule has 1 heterocycles. The lowest BCUT2D eigenvalue weighted by molar-refractivity contribution is -0.137. The van der Waals surface area contributed by atoms with Crippen molar-refractivity contribution < 1.29 is 14.6 Å². The lowest BCUT2D eigenvalue weighted by atomic mass is 9.86. The number of carboxylic acid groups (broad SMARTS) is 1. The largest absolute Gasteiger partial charge is 0.491 e. The third-order valence-electron chi connectivity index (χ3n) is 5.70. The molecular weight excluding hydrogens is 408 g/mol. The van der Waals surface area contributed by atoms with E-state index < -0.39 is 5.97 Å². The molecule has 31 heavy (non-hydrogen) atoms. The number of carboxylic acids is 1. The molecule has 0 radical (unpaired) electrons. The van der Waals surface area contributed by atoms with Gasteiger partial charge in [0.1, 0.15) is 5.75 Å². The minimum absolute atomic E-state index is 0.0116. The number of fused-ring (bicyclic) bond motifs is 1. The van der Waals surface area contributed by atoms with Gasteiger partial charge in [-0.3, -0.25) is 4.79 Å². The normalized spacial score (nSPS) is 18.3. The molecular formula is C25H34N2O3S. The number of anilines is 3. The van der Waals surface area contributed by atoms with Crippen molar-refractivity contribution in [2.24, 2.45) is 5.41 Å². The summed E-state index contributed by atoms with van der Waals surface area (Å²) in [6.07, 6.45) is 3.60. The van der Waals surface area contributed by atoms with Crippen molar-refractivity contribution in [2.45, 2.75) is 44.4 Å². The monoisotopic (exact) mass is 442 g/mol. The zero-order valence-electron chi connectivity index (χ0n) is 19.1. The number of hydrogen-bond acceptors (Lipinski definition) is 5. The molecule has 0 aliphatic carbocycles. The minimum atomic E-state index is -0.850. The summed E-state index contributed by atoms with van der Waals surface area (Å²) in [6, 6.07) is 14.9. The predicted octanol–water partition coefficient (Wildman–Crippen LogP) is 6.05. The summed E-state index contributed by atoms with van der Waals surface area (Å²) >= 11 is 1.88. The highest BCUT2D eigenvalue weighted by Crippen LogP contribution is 2.48. The van der Waals surface area contributed by atoms with E-state index in [1.54, 1.807) is 0 Å². The number of aliphatic carboxylic acids is 1. The number of benzene rings is 2. The molecule has 3 rings (SSSR count). The second kappa shape index (κ2) is 10.3. The quantitative estimate of drug-likeness (QED) is 0.510. The van der Waals surface area contributed by atoms with Crippen LogP contribution in [0.1, 0.15) is 39.5 Å². The predicted molar refractivity (Wildman–Crippen MR) is 130 cm³/mol. The average molecular weight is 443 g/mol. The molecule has 1 atom stereocenters. The molecule has 1 aliphatic heterocycles. The maximum Gasteiger partial charge on any atom is 0.306 e. The molecule has 0 saturated carbocycles. The topological polar surface area (TPSA) is 53.0 Å². The molecule has 168 valence electrons. The van der Waals surface area contributed by atoms with Crippen LogP contribution in [0.5, 0.6) is 5.75 Å². The fourth-order valence-corrected chi connectivity index (χ4v) is 5.18. The van der Waals surface area contributed by atoms with Crippen LogP contribution in [-0.2, 0) is 4.79 Å². The van der Waals surface area contributed by atoms with Crippen LogP contribution in [0.25, 0.3) is 0 Å². The number of thioether (sulfide) groups is 1. The van der Waals surface area contributed by atoms with Crippen LogP contribution in [0, 0.1) is 5.41 Å². The van der Waals surface area contributed by atoms with E-state index in [1.165, 1.54) is 35.5 Å². The third-order valence-corrected chi connectivity index (χ3v) is 7.18. The number of ether oxygens (including phenoxy) is 1. The van der Waals surface area contributed by atoms with E-state index in [-0.39, 0.29) is 18.4 Å². The van der Waals surface area contributed by atoms with Gasteiger partial charge in [-0.2, -0.15) is 0 Å². The van der Waals surface area contributed by atoms with Gasteiger partial charge in [-0.15, -0.1) is 11.8 Å². The van der Waals surface area contributed by atoms with Gasteiger partial charge in [-0.1, -0.05) is 44.9 Å². The zero-order valence-corrected chi connectivity index (χ0v) is 19.9. The average Bonchev–Trinajstić information content (AvgIpc) is 2.89. The van der Waals surface area contributed by atoms with Crippen LogP contribution in [0.4, 0.5) is 17.1 Å². The number of hydrogen-bond donors (Lipinski definition) is 1. The van der Waals surface area contributed by atoms with Crippen molar-refractivity contribution in [1.82, 2.24) is 0 Å². The van der Waals surface area contributed by atoms with Crippen molar-refractivity contribution in [1.29, 1.82) is 0 Å². The van der Waals surface area contributed by atoms with Crippen LogP contribution < -0.4 is 14.5 Å². The van der Waals surface area contributed by atoms with Crippen molar-refractivity contribution in [3.63, 3.8) is 0 Å². The van der Waals surface area contributed by atoms with E-state index >= 15 is 0 Å². The van der Waals surface area contributed by atoms with Gasteiger partial charge in [-0.25, -0.2) is 0 Å². The second-order valence-electron chi connectivity index (χ2n) is 8.80. The van der Waals surface area contributed by atoms with Gasteiger partial charge in [0.25, 0.3) is 0 Å². The first-order valence-corrected chi connectivity index (χ1v) is 12.0. The highest BCUT2D eigenvalue weighted by Gasteiger charge is 2.33. The molecule has 2 aromatic rings. The molecule has 6 heteroatoms. The Morgan fingerprint density at radius 2 is 2.00 bits per heavy atom. The fraction of sp³-hybridized carbons (Fsp3) is 0.480. The second-order valence-corrected chi connectivity index (χ2v) is 9.82. The van der Waals surface area contributed by atoms with Gasteiger partial charge in [-0.05, 0) is 36.1 Å². The van der Waals surface area contributed by atoms with Crippen LogP contribution >= 0.6 is 11.8 Å². The van der Waals surface area contributed by atoms with Crippen molar-refractivity contribution in [3.05, 3.63) is 42.5 Å². The Hall–Kier alpha value is -2.34. The molecule has 0 aromatic heterocycles. The molecule has 2 aromatic carbocycles. The molecule has 1 aliphatic rings. The van der Waals surface area contributed by atoms with Gasteiger partial charge < -0.3 is 19.6 Å². The lowest BCUT2D eigenvalue weighted by Gasteiger charge is -2.34. The van der Waals surface area contributed by atoms with Crippen LogP contribution in [0.3, 0.4) is 0 Å². The fourth-order valence-electron chi connectivity index (χ4n) is 3.94. The summed E-state index contributed by atoms with van der Waals surface area (Å²) in [5.41, 5.74) is 3.53. The smallest absolute Gasteiger partial charge is 0.306 e. The Bertz CT molecular complexity index is 888. The maximum absolute atomic E-state index is 10.9. The highest BCUT2D eigenvalue weighted by atomic mass is 32.2. The minimum Gasteiger partial charge on any atom is -0.491 e. The van der Waals surface area contributed by atoms with Gasteiger partial charge in [0.05, 0.1) is 24.4 Å². The third kappa shape index (κ3) is 5.88. The Balaban J connectivity index is 2.04. The molecule has 0 fully saturated rings. The summed E-state index contributed by atoms with van der Waals surface area (Å²) < 4.78 is 5.92. The molecule has 1 N–H and O–H groups in total. The van der Waals surface area contributed by atoms with Gasteiger partial charge in [0, 0.05) is 37.0 Å². The molecule has 0 saturated heterocycles. The summed E-state index contributed by atoms with van der Waals surface area (Å²) in [6.45, 7) is 5.77. The summed E-state index contributed by atoms with van der Waals surface area (Å²) in [4.78, 5) is 16.6. The molecule has 1 unspecified atom stereocenters. The van der Waals surface area contributed by atoms with E-state index in [1.807, 2.05) is 30.8 Å². The van der Waals surface area contributed by atoms with E-state index in [0.29, 0.717) is 0 Å². The molecule has 0 bridgehead atoms. The van der Waals surface area contributed by atoms with Crippen LogP contribution in [0.2, 0.25) is 0 Å². The summed E-state index contributed by atoms with van der Waals surface area (Å²) in [5.74, 6) is 0.930. The van der Waals surface area contributed by atoms with E-state index in [4.69, 9.17) is 9.84 Å². The Kier molecular flexibility index (Phi) is 7.76. The Morgan fingerprint density at radius 3 is 2.65 bits per heavy atom. The van der Waals surface area contributed by atoms with E-state index in [9.17, 15) is 4.79 Å². The van der Waals surface area contributed by atoms with E-state index in [2.05, 4.69) is 61.2 Å². The number of rotatable bonds is 9. The standard InChI is InChI=1S/C25H34N2O3S/c1-5-6-13-25(2)17-27(19-10-8-7-9-11-19)21-15-20(26(3)4)22(16-23(21)31-18-25)30-14-12-24(28)29/h7-11,15-16H,5-6,12-14,17-18H2,1-4H3,(H,28,29). The highest BCUT2D eigenvalue weighted by molar-refractivity contribution is 7.99. The Labute approximate surface area is 190 Å². The maximum atomic E-state index is 10.9. The van der Waals surface area contributed by atoms with Gasteiger partial charge >= 0.3 is 5.97 Å². The molecule has 0 amide bonds. The van der Waals surface area contributed by atoms with Crippen LogP contribution in [-0.4, -0.2) is 44.1 Å². The summed E-state index contributed by atoms with van der Waals surface area (Å²) in [5, 5.41) is 8.99. The van der Waals surface area contributed by atoms with Crippen LogP contribution in [0.15, 0.2) is 47.4 Å². The molecule has 0 spiro atoms. The first-order chi connectivity index (χ1) is 14.8. The van der Waals surface area contributed by atoms with E-state index in [0.717, 1.165) is 23.7 Å².